The van der Waals surface area contributed by atoms with Gasteiger partial charge < -0.3 is 4.90 Å². The lowest BCUT2D eigenvalue weighted by molar-refractivity contribution is 0.0786. The van der Waals surface area contributed by atoms with Crippen LogP contribution in [-0.4, -0.2) is 48.3 Å². The van der Waals surface area contributed by atoms with E-state index < -0.39 is 9.84 Å². The van der Waals surface area contributed by atoms with E-state index >= 15 is 0 Å². The molecular weight excluding hydrogens is 344 g/mol. The smallest absolute Gasteiger partial charge is 0.253 e. The summed E-state index contributed by atoms with van der Waals surface area (Å²) >= 11 is 1.58. The van der Waals surface area contributed by atoms with E-state index in [1.54, 1.807) is 22.3 Å². The van der Waals surface area contributed by atoms with Gasteiger partial charge in [0.1, 0.15) is 0 Å². The summed E-state index contributed by atoms with van der Waals surface area (Å²) in [6, 6.07) is 7.42. The molecule has 2 fully saturated rings. The minimum Gasteiger partial charge on any atom is -0.337 e. The van der Waals surface area contributed by atoms with Gasteiger partial charge in [-0.05, 0) is 31.4 Å². The second kappa shape index (κ2) is 5.67. The Morgan fingerprint density at radius 2 is 2.17 bits per heavy atom. The Hall–Kier alpha value is -1.73. The molecule has 1 amide bonds. The number of rotatable bonds is 2. The van der Waals surface area contributed by atoms with Crippen molar-refractivity contribution in [3.05, 3.63) is 40.2 Å². The molecule has 0 N–H and O–H groups in total. The molecule has 0 radical (unpaired) electrons. The van der Waals surface area contributed by atoms with Crippen LogP contribution in [0.2, 0.25) is 0 Å². The van der Waals surface area contributed by atoms with Gasteiger partial charge in [0.25, 0.3) is 5.91 Å². The number of hydrogen-bond donors (Lipinski definition) is 0. The average Bonchev–Trinajstić information content (AvgIpc) is 3.24. The van der Waals surface area contributed by atoms with Crippen molar-refractivity contribution in [3.8, 4) is 11.3 Å². The molecule has 2 aliphatic heterocycles. The maximum Gasteiger partial charge on any atom is 0.253 e. The molecule has 3 heterocycles. The van der Waals surface area contributed by atoms with E-state index in [1.807, 2.05) is 30.5 Å². The van der Waals surface area contributed by atoms with E-state index in [-0.39, 0.29) is 22.8 Å². The third kappa shape index (κ3) is 2.65. The molecule has 7 heteroatoms. The number of carbonyl (C=O) groups is 1. The van der Waals surface area contributed by atoms with Crippen LogP contribution >= 0.6 is 11.3 Å². The van der Waals surface area contributed by atoms with Gasteiger partial charge in [0.2, 0.25) is 0 Å². The van der Waals surface area contributed by atoms with Crippen LogP contribution in [0.25, 0.3) is 11.3 Å². The van der Waals surface area contributed by atoms with Crippen molar-refractivity contribution in [2.45, 2.75) is 18.6 Å². The second-order valence-corrected chi connectivity index (χ2v) is 9.90. The number of nitrogens with zero attached hydrogens (tertiary/aromatic N) is 2. The highest BCUT2D eigenvalue weighted by Gasteiger charge is 2.47. The quantitative estimate of drug-likeness (QED) is 0.823. The van der Waals surface area contributed by atoms with Gasteiger partial charge in [-0.25, -0.2) is 13.4 Å². The van der Waals surface area contributed by atoms with E-state index in [0.29, 0.717) is 25.1 Å². The lowest BCUT2D eigenvalue weighted by Gasteiger charge is -2.17. The van der Waals surface area contributed by atoms with Gasteiger partial charge in [-0.3, -0.25) is 4.79 Å². The number of thiazole rings is 1. The Labute approximate surface area is 145 Å². The molecule has 24 heavy (non-hydrogen) atoms. The standard InChI is InChI=1S/C17H18N2O3S2/c1-11-18-15(10-23-11)12-3-2-4-13(7-12)17(20)19-8-14-5-6-24(21,22)16(14)9-19/h2-4,7,10,14,16H,5-6,8-9H2,1H3/t14-,16+/m0/s1. The molecule has 0 aliphatic carbocycles. The SMILES string of the molecule is Cc1nc(-c2cccc(C(=O)N3C[C@@H]4CCS(=O)(=O)[C@@H]4C3)c2)cs1. The Balaban J connectivity index is 1.58. The number of aromatic nitrogens is 1. The minimum atomic E-state index is -3.02. The highest BCUT2D eigenvalue weighted by Crippen LogP contribution is 2.34. The van der Waals surface area contributed by atoms with Crippen LogP contribution in [0.15, 0.2) is 29.6 Å². The largest absolute Gasteiger partial charge is 0.337 e. The molecule has 0 unspecified atom stereocenters. The number of amides is 1. The average molecular weight is 362 g/mol. The van der Waals surface area contributed by atoms with Crippen molar-refractivity contribution in [1.82, 2.24) is 9.88 Å². The first-order valence-corrected chi connectivity index (χ1v) is 10.6. The van der Waals surface area contributed by atoms with Crippen LogP contribution in [0.5, 0.6) is 0 Å². The van der Waals surface area contributed by atoms with Crippen LogP contribution in [0.4, 0.5) is 0 Å². The topological polar surface area (TPSA) is 67.3 Å². The lowest BCUT2D eigenvalue weighted by atomic mass is 10.1. The van der Waals surface area contributed by atoms with Gasteiger partial charge in [-0.1, -0.05) is 12.1 Å². The van der Waals surface area contributed by atoms with E-state index in [0.717, 1.165) is 16.3 Å². The van der Waals surface area contributed by atoms with E-state index in [2.05, 4.69) is 4.98 Å². The summed E-state index contributed by atoms with van der Waals surface area (Å²) in [5, 5.41) is 2.59. The zero-order valence-electron chi connectivity index (χ0n) is 13.3. The van der Waals surface area contributed by atoms with Crippen LogP contribution in [0.1, 0.15) is 21.8 Å². The Morgan fingerprint density at radius 3 is 2.88 bits per heavy atom. The van der Waals surface area contributed by atoms with E-state index in [1.165, 1.54) is 0 Å². The highest BCUT2D eigenvalue weighted by molar-refractivity contribution is 7.92. The molecule has 2 saturated heterocycles. The lowest BCUT2D eigenvalue weighted by Crippen LogP contribution is -2.32. The number of carbonyl (C=O) groups excluding carboxylic acids is 1. The second-order valence-electron chi connectivity index (χ2n) is 6.50. The summed E-state index contributed by atoms with van der Waals surface area (Å²) in [4.78, 5) is 18.9. The number of fused-ring (bicyclic) bond motifs is 1. The third-order valence-corrected chi connectivity index (χ3v) is 7.96. The predicted molar refractivity (Wildman–Crippen MR) is 93.9 cm³/mol. The summed E-state index contributed by atoms with van der Waals surface area (Å²) in [6.07, 6.45) is 0.676. The van der Waals surface area contributed by atoms with Gasteiger partial charge in [0.05, 0.1) is 21.7 Å². The summed E-state index contributed by atoms with van der Waals surface area (Å²) in [5.74, 6) is 0.278. The van der Waals surface area contributed by atoms with E-state index in [4.69, 9.17) is 0 Å². The highest BCUT2D eigenvalue weighted by atomic mass is 32.2. The molecule has 1 aromatic heterocycles. The summed E-state index contributed by atoms with van der Waals surface area (Å²) in [7, 11) is -3.02. The Morgan fingerprint density at radius 1 is 1.33 bits per heavy atom. The van der Waals surface area contributed by atoms with Crippen LogP contribution in [0.3, 0.4) is 0 Å². The van der Waals surface area contributed by atoms with Crippen LogP contribution in [0, 0.1) is 12.8 Å². The van der Waals surface area contributed by atoms with Crippen molar-refractivity contribution in [3.63, 3.8) is 0 Å². The normalized spacial score (nSPS) is 25.0. The van der Waals surface area contributed by atoms with Crippen molar-refractivity contribution in [2.24, 2.45) is 5.92 Å². The first kappa shape index (κ1) is 15.8. The van der Waals surface area contributed by atoms with Crippen molar-refractivity contribution in [1.29, 1.82) is 0 Å². The number of hydrogen-bond acceptors (Lipinski definition) is 5. The molecule has 0 saturated carbocycles. The van der Waals surface area contributed by atoms with Crippen LogP contribution in [-0.2, 0) is 9.84 Å². The third-order valence-electron chi connectivity index (χ3n) is 4.93. The van der Waals surface area contributed by atoms with Gasteiger partial charge in [0.15, 0.2) is 9.84 Å². The van der Waals surface area contributed by atoms with E-state index in [9.17, 15) is 13.2 Å². The molecule has 2 aromatic rings. The molecule has 2 aliphatic rings. The zero-order valence-corrected chi connectivity index (χ0v) is 14.9. The molecule has 0 bridgehead atoms. The molecule has 0 spiro atoms. The van der Waals surface area contributed by atoms with Gasteiger partial charge in [-0.2, -0.15) is 0 Å². The predicted octanol–water partition coefficient (Wildman–Crippen LogP) is 2.38. The molecular formula is C17H18N2O3S2. The van der Waals surface area contributed by atoms with Gasteiger partial charge >= 0.3 is 0 Å². The number of likely N-dealkylation sites (tertiary alicyclic amines) is 1. The van der Waals surface area contributed by atoms with Crippen molar-refractivity contribution < 1.29 is 13.2 Å². The molecule has 1 aromatic carbocycles. The molecule has 126 valence electrons. The summed E-state index contributed by atoms with van der Waals surface area (Å²) < 4.78 is 24.1. The molecule has 4 rings (SSSR count). The Bertz CT molecular complexity index is 904. The first-order chi connectivity index (χ1) is 11.4. The van der Waals surface area contributed by atoms with Crippen molar-refractivity contribution >= 4 is 27.1 Å². The zero-order chi connectivity index (χ0) is 16.9. The van der Waals surface area contributed by atoms with Crippen LogP contribution < -0.4 is 0 Å². The summed E-state index contributed by atoms with van der Waals surface area (Å²) in [6.45, 7) is 2.82. The maximum atomic E-state index is 12.8. The monoisotopic (exact) mass is 362 g/mol. The molecule has 5 nitrogen and oxygen atoms in total. The Kier molecular flexibility index (Phi) is 3.73. The first-order valence-electron chi connectivity index (χ1n) is 7.97. The fourth-order valence-electron chi connectivity index (χ4n) is 3.65. The fraction of sp³-hybridized carbons (Fsp3) is 0.412. The maximum absolute atomic E-state index is 12.8. The summed E-state index contributed by atoms with van der Waals surface area (Å²) in [5.41, 5.74) is 2.38. The minimum absolute atomic E-state index is 0.0894. The van der Waals surface area contributed by atoms with Crippen molar-refractivity contribution in [2.75, 3.05) is 18.8 Å². The number of aryl methyl sites for hydroxylation is 1. The fourth-order valence-corrected chi connectivity index (χ4v) is 6.42. The number of sulfone groups is 1. The molecule has 2 atom stereocenters. The van der Waals surface area contributed by atoms with Gasteiger partial charge in [-0.15, -0.1) is 11.3 Å². The number of benzene rings is 1. The van der Waals surface area contributed by atoms with Gasteiger partial charge in [0, 0.05) is 29.6 Å².